The molecule has 4 N–H and O–H groups in total. The zero-order chi connectivity index (χ0) is 27.7. The molecule has 8 aliphatic heterocycles. The Kier molecular flexibility index (Phi) is 11.9. The molecule has 8 fully saturated rings. The van der Waals surface area contributed by atoms with E-state index in [-0.39, 0.29) is 0 Å². The molecule has 8 bridgehead atoms. The van der Waals surface area contributed by atoms with Crippen LogP contribution >= 0.6 is 0 Å². The van der Waals surface area contributed by atoms with Crippen molar-refractivity contribution >= 4 is 0 Å². The largest absolute Gasteiger partial charge is 0.303 e. The number of fused-ring (bicyclic) bond motifs is 16. The summed E-state index contributed by atoms with van der Waals surface area (Å²) >= 11 is 0. The van der Waals surface area contributed by atoms with E-state index in [0.717, 1.165) is 159 Å². The lowest BCUT2D eigenvalue weighted by atomic mass is 10.2. The molecule has 236 valence electrons. The predicted octanol–water partition coefficient (Wildman–Crippen LogP) is -2.98. The zero-order valence-corrected chi connectivity index (χ0v) is 25.6. The number of nitrogens with zero attached hydrogens (tertiary/aromatic N) is 10. The Morgan fingerprint density at radius 2 is 0.585 bits per heavy atom. The number of unbranched alkanes of at least 4 members (excludes halogenated alkanes) is 2. The van der Waals surface area contributed by atoms with Crippen LogP contribution in [0.4, 0.5) is 0 Å². The molecule has 0 unspecified atom stereocenters. The second-order valence-corrected chi connectivity index (χ2v) is 13.2. The van der Waals surface area contributed by atoms with E-state index in [1.807, 2.05) is 0 Å². The SMILES string of the molecule is C(CCN1CNCCN2CN3CN(CCNC1)CN(C2)C3)CCN1CNCCN2CN3CN(CCNC1)CN(C2)C3. The van der Waals surface area contributed by atoms with E-state index in [4.69, 9.17) is 0 Å². The fraction of sp³-hybridized carbons (Fsp3) is 1.00. The molecule has 8 saturated heterocycles. The molecule has 0 spiro atoms. The molecule has 0 aromatic heterocycles. The Hall–Kier alpha value is -0.560. The van der Waals surface area contributed by atoms with Gasteiger partial charge < -0.3 is 21.3 Å². The van der Waals surface area contributed by atoms with Crippen LogP contribution in [0, 0.1) is 0 Å². The first-order valence-electron chi connectivity index (χ1n) is 16.3. The van der Waals surface area contributed by atoms with Crippen LogP contribution in [0.5, 0.6) is 0 Å². The minimum atomic E-state index is 0.974. The normalized spacial score (nSPS) is 40.4. The Morgan fingerprint density at radius 1 is 0.317 bits per heavy atom. The summed E-state index contributed by atoms with van der Waals surface area (Å²) in [4.78, 5) is 25.8. The van der Waals surface area contributed by atoms with E-state index < -0.39 is 0 Å². The van der Waals surface area contributed by atoms with Crippen LogP contribution in [0.2, 0.25) is 0 Å². The van der Waals surface area contributed by atoms with Crippen molar-refractivity contribution in [1.82, 2.24) is 70.3 Å². The maximum Gasteiger partial charge on any atom is 0.0555 e. The molecule has 0 aliphatic carbocycles. The molecular formula is C27H58N14. The maximum atomic E-state index is 3.73. The average molecular weight is 579 g/mol. The minimum absolute atomic E-state index is 0.974. The predicted molar refractivity (Wildman–Crippen MR) is 162 cm³/mol. The average Bonchev–Trinajstić information content (AvgIpc) is 2.95. The van der Waals surface area contributed by atoms with Gasteiger partial charge in [0.05, 0.1) is 66.7 Å². The third-order valence-corrected chi connectivity index (χ3v) is 9.21. The first kappa shape index (κ1) is 30.5. The summed E-state index contributed by atoms with van der Waals surface area (Å²) in [6.07, 6.45) is 3.81. The molecule has 0 aromatic carbocycles. The third-order valence-electron chi connectivity index (χ3n) is 9.21. The van der Waals surface area contributed by atoms with Crippen molar-refractivity contribution in [1.29, 1.82) is 0 Å². The highest BCUT2D eigenvalue weighted by Crippen LogP contribution is 2.15. The van der Waals surface area contributed by atoms with E-state index in [0.29, 0.717) is 0 Å². The Balaban J connectivity index is 0.881. The smallest absolute Gasteiger partial charge is 0.0555 e. The van der Waals surface area contributed by atoms with Crippen LogP contribution < -0.4 is 21.3 Å². The van der Waals surface area contributed by atoms with E-state index >= 15 is 0 Å². The van der Waals surface area contributed by atoms with Gasteiger partial charge in [0.2, 0.25) is 0 Å². The lowest BCUT2D eigenvalue weighted by Gasteiger charge is -2.49. The molecule has 8 rings (SSSR count). The summed E-state index contributed by atoms with van der Waals surface area (Å²) in [5.41, 5.74) is 0. The van der Waals surface area contributed by atoms with E-state index in [1.165, 1.54) is 19.3 Å². The summed E-state index contributed by atoms with van der Waals surface area (Å²) in [6, 6.07) is 0. The molecule has 0 saturated carbocycles. The van der Waals surface area contributed by atoms with Crippen LogP contribution in [0.25, 0.3) is 0 Å². The first-order chi connectivity index (χ1) is 20.2. The van der Waals surface area contributed by atoms with E-state index in [2.05, 4.69) is 70.3 Å². The summed E-state index contributed by atoms with van der Waals surface area (Å²) < 4.78 is 0. The number of hydrogen-bond donors (Lipinski definition) is 4. The van der Waals surface area contributed by atoms with E-state index in [9.17, 15) is 0 Å². The van der Waals surface area contributed by atoms with Gasteiger partial charge in [-0.25, -0.2) is 0 Å². The fourth-order valence-corrected chi connectivity index (χ4v) is 7.28. The lowest BCUT2D eigenvalue weighted by Crippen LogP contribution is -2.65. The fourth-order valence-electron chi connectivity index (χ4n) is 7.28. The third kappa shape index (κ3) is 9.71. The molecule has 14 nitrogen and oxygen atoms in total. The minimum Gasteiger partial charge on any atom is -0.303 e. The van der Waals surface area contributed by atoms with Crippen LogP contribution in [0.1, 0.15) is 19.3 Å². The molecule has 8 heterocycles. The topological polar surface area (TPSA) is 80.5 Å². The van der Waals surface area contributed by atoms with Gasteiger partial charge in [-0.05, 0) is 12.8 Å². The summed E-state index contributed by atoms with van der Waals surface area (Å²) in [5.74, 6) is 0. The standard InChI is InChI=1S/C27H58N14/c1(2-8-32-14-28-4-10-34-18-38-20-35(11-5-29-15-32)21-39(19-34)26-38)3-9-33-16-30-6-12-36-22-40-24-37(13-7-31-17-33)25-41(23-36)27-40/h28-31H,1-27H2. The second kappa shape index (κ2) is 16.0. The zero-order valence-electron chi connectivity index (χ0n) is 25.6. The molecule has 0 radical (unpaired) electrons. The van der Waals surface area contributed by atoms with Gasteiger partial charge in [-0.2, -0.15) is 0 Å². The van der Waals surface area contributed by atoms with Gasteiger partial charge in [-0.3, -0.25) is 49.0 Å². The molecule has 41 heavy (non-hydrogen) atoms. The molecule has 8 aliphatic rings. The second-order valence-electron chi connectivity index (χ2n) is 13.2. The van der Waals surface area contributed by atoms with Gasteiger partial charge in [0, 0.05) is 92.1 Å². The van der Waals surface area contributed by atoms with Crippen molar-refractivity contribution in [3.63, 3.8) is 0 Å². The molecule has 14 heteroatoms. The first-order valence-corrected chi connectivity index (χ1v) is 16.3. The van der Waals surface area contributed by atoms with Crippen LogP contribution in [0.3, 0.4) is 0 Å². The van der Waals surface area contributed by atoms with Crippen molar-refractivity contribution < 1.29 is 0 Å². The molecular weight excluding hydrogens is 520 g/mol. The Bertz CT molecular complexity index is 626. The number of rotatable bonds is 6. The van der Waals surface area contributed by atoms with Crippen molar-refractivity contribution in [2.45, 2.75) is 19.3 Å². The molecule has 0 amide bonds. The number of nitrogens with one attached hydrogen (secondary N) is 4. The Morgan fingerprint density at radius 3 is 0.878 bits per heavy atom. The van der Waals surface area contributed by atoms with Gasteiger partial charge in [-0.15, -0.1) is 0 Å². The highest BCUT2D eigenvalue weighted by Gasteiger charge is 2.31. The highest BCUT2D eigenvalue weighted by molar-refractivity contribution is 4.78. The summed E-state index contributed by atoms with van der Waals surface area (Å²) in [5, 5.41) is 14.9. The Labute approximate surface area is 248 Å². The molecule has 0 atom stereocenters. The van der Waals surface area contributed by atoms with Gasteiger partial charge in [0.25, 0.3) is 0 Å². The van der Waals surface area contributed by atoms with Crippen molar-refractivity contribution in [3.05, 3.63) is 0 Å². The summed E-state index contributed by atoms with van der Waals surface area (Å²) in [7, 11) is 0. The van der Waals surface area contributed by atoms with Crippen molar-refractivity contribution in [3.8, 4) is 0 Å². The number of hydrogen-bond acceptors (Lipinski definition) is 14. The van der Waals surface area contributed by atoms with Gasteiger partial charge in [0.1, 0.15) is 0 Å². The van der Waals surface area contributed by atoms with E-state index in [1.54, 1.807) is 0 Å². The van der Waals surface area contributed by atoms with Gasteiger partial charge in [0.15, 0.2) is 0 Å². The summed E-state index contributed by atoms with van der Waals surface area (Å²) in [6.45, 7) is 26.0. The quantitative estimate of drug-likeness (QED) is 0.242. The lowest BCUT2D eigenvalue weighted by molar-refractivity contribution is -0.119. The van der Waals surface area contributed by atoms with Crippen LogP contribution in [0.15, 0.2) is 0 Å². The maximum absolute atomic E-state index is 3.73. The molecule has 0 aromatic rings. The monoisotopic (exact) mass is 578 g/mol. The highest BCUT2D eigenvalue weighted by atomic mass is 15.6. The van der Waals surface area contributed by atoms with Crippen molar-refractivity contribution in [2.24, 2.45) is 0 Å². The van der Waals surface area contributed by atoms with Gasteiger partial charge >= 0.3 is 0 Å². The van der Waals surface area contributed by atoms with Crippen LogP contribution in [-0.2, 0) is 0 Å². The van der Waals surface area contributed by atoms with Gasteiger partial charge in [-0.1, -0.05) is 6.42 Å². The van der Waals surface area contributed by atoms with Crippen LogP contribution in [-0.4, -0.2) is 208 Å². The van der Waals surface area contributed by atoms with Crippen molar-refractivity contribution in [2.75, 3.05) is 159 Å².